The highest BCUT2D eigenvalue weighted by Gasteiger charge is 2.19. The molecule has 0 radical (unpaired) electrons. The van der Waals surface area contributed by atoms with Crippen molar-refractivity contribution in [3.8, 4) is 0 Å². The maximum Gasteiger partial charge on any atom is 0.306 e. The molecule has 81 heavy (non-hydrogen) atoms. The maximum absolute atomic E-state index is 12.9. The van der Waals surface area contributed by atoms with Gasteiger partial charge in [-0.1, -0.05) is 260 Å². The van der Waals surface area contributed by atoms with Crippen molar-refractivity contribution in [3.63, 3.8) is 0 Å². The molecule has 0 aliphatic carbocycles. The second-order valence-corrected chi connectivity index (χ2v) is 20.2. The van der Waals surface area contributed by atoms with E-state index < -0.39 is 6.10 Å². The van der Waals surface area contributed by atoms with Crippen molar-refractivity contribution in [2.75, 3.05) is 13.2 Å². The Kier molecular flexibility index (Phi) is 62.0. The normalized spacial score (nSPS) is 13.5. The molecule has 0 fully saturated rings. The smallest absolute Gasteiger partial charge is 0.306 e. The molecule has 0 bridgehead atoms. The quantitative estimate of drug-likeness (QED) is 0.0261. The van der Waals surface area contributed by atoms with Gasteiger partial charge in [-0.15, -0.1) is 0 Å². The summed E-state index contributed by atoms with van der Waals surface area (Å²) in [6.07, 6.45) is 101. The van der Waals surface area contributed by atoms with E-state index in [1.807, 2.05) is 0 Å². The molecule has 0 heterocycles. The number of esters is 3. The Bertz CT molecular complexity index is 1950. The van der Waals surface area contributed by atoms with Crippen LogP contribution < -0.4 is 0 Å². The van der Waals surface area contributed by atoms with Crippen molar-refractivity contribution in [1.82, 2.24) is 0 Å². The summed E-state index contributed by atoms with van der Waals surface area (Å²) < 4.78 is 16.8. The van der Waals surface area contributed by atoms with Crippen molar-refractivity contribution >= 4 is 17.9 Å². The average Bonchev–Trinajstić information content (AvgIpc) is 3.47. The molecular weight excluding hydrogens is 997 g/mol. The summed E-state index contributed by atoms with van der Waals surface area (Å²) in [4.78, 5) is 38.3. The van der Waals surface area contributed by atoms with E-state index >= 15 is 0 Å². The lowest BCUT2D eigenvalue weighted by atomic mass is 10.1. The molecule has 0 aliphatic rings. The first-order valence-corrected chi connectivity index (χ1v) is 31.9. The molecule has 0 spiro atoms. The number of ether oxygens (including phenoxy) is 3. The Morgan fingerprint density at radius 3 is 0.753 bits per heavy atom. The fourth-order valence-corrected chi connectivity index (χ4v) is 7.92. The number of hydrogen-bond donors (Lipinski definition) is 0. The predicted octanol–water partition coefficient (Wildman–Crippen LogP) is 22.2. The molecule has 450 valence electrons. The summed E-state index contributed by atoms with van der Waals surface area (Å²) in [5.74, 6) is -1.03. The van der Waals surface area contributed by atoms with Crippen LogP contribution in [-0.2, 0) is 28.6 Å². The minimum absolute atomic E-state index is 0.124. The first kappa shape index (κ1) is 75.2. The van der Waals surface area contributed by atoms with E-state index in [-0.39, 0.29) is 44.0 Å². The van der Waals surface area contributed by atoms with Crippen LogP contribution in [0.15, 0.2) is 194 Å². The zero-order valence-corrected chi connectivity index (χ0v) is 51.5. The molecule has 0 aromatic rings. The Morgan fingerprint density at radius 2 is 0.457 bits per heavy atom. The summed E-state index contributed by atoms with van der Waals surface area (Å²) >= 11 is 0. The van der Waals surface area contributed by atoms with Crippen LogP contribution in [-0.4, -0.2) is 37.2 Å². The van der Waals surface area contributed by atoms with Gasteiger partial charge in [0.05, 0.1) is 0 Å². The van der Waals surface area contributed by atoms with Crippen LogP contribution in [0.3, 0.4) is 0 Å². The van der Waals surface area contributed by atoms with E-state index in [1.165, 1.54) is 32.1 Å². The summed E-state index contributed by atoms with van der Waals surface area (Å²) in [5, 5.41) is 0. The number of unbranched alkanes of at least 4 members (excludes halogenated alkanes) is 12. The Morgan fingerprint density at radius 1 is 0.247 bits per heavy atom. The molecule has 0 amide bonds. The van der Waals surface area contributed by atoms with Crippen LogP contribution >= 0.6 is 0 Å². The van der Waals surface area contributed by atoms with Crippen LogP contribution in [0.1, 0.15) is 239 Å². The molecule has 0 N–H and O–H groups in total. The molecule has 6 heteroatoms. The molecule has 1 atom stereocenters. The van der Waals surface area contributed by atoms with Gasteiger partial charge in [0.25, 0.3) is 0 Å². The molecule has 0 saturated carbocycles. The largest absolute Gasteiger partial charge is 0.462 e. The van der Waals surface area contributed by atoms with Crippen molar-refractivity contribution in [2.24, 2.45) is 0 Å². The summed E-state index contributed by atoms with van der Waals surface area (Å²) in [7, 11) is 0. The van der Waals surface area contributed by atoms with Gasteiger partial charge < -0.3 is 14.2 Å². The molecular formula is C75H114O6. The molecule has 0 aromatic heterocycles. The van der Waals surface area contributed by atoms with Crippen molar-refractivity contribution < 1.29 is 28.6 Å². The number of carbonyl (C=O) groups is 3. The molecule has 0 rings (SSSR count). The third-order valence-electron chi connectivity index (χ3n) is 12.6. The third kappa shape index (κ3) is 64.9. The lowest BCUT2D eigenvalue weighted by Gasteiger charge is -2.18. The highest BCUT2D eigenvalue weighted by molar-refractivity contribution is 5.71. The van der Waals surface area contributed by atoms with Gasteiger partial charge in [-0.25, -0.2) is 0 Å². The lowest BCUT2D eigenvalue weighted by Crippen LogP contribution is -2.30. The monoisotopic (exact) mass is 1110 g/mol. The third-order valence-corrected chi connectivity index (χ3v) is 12.6. The molecule has 0 aromatic carbocycles. The lowest BCUT2D eigenvalue weighted by molar-refractivity contribution is -0.167. The van der Waals surface area contributed by atoms with Crippen molar-refractivity contribution in [1.29, 1.82) is 0 Å². The summed E-state index contributed by atoms with van der Waals surface area (Å²) in [6, 6.07) is 0. The molecule has 0 saturated heterocycles. The van der Waals surface area contributed by atoms with E-state index in [1.54, 1.807) is 0 Å². The van der Waals surface area contributed by atoms with Gasteiger partial charge in [0.1, 0.15) is 13.2 Å². The average molecular weight is 1110 g/mol. The second kappa shape index (κ2) is 66.8. The summed E-state index contributed by atoms with van der Waals surface area (Å²) in [5.41, 5.74) is 0. The number of carbonyl (C=O) groups excluding carboxylic acids is 3. The van der Waals surface area contributed by atoms with Gasteiger partial charge in [-0.3, -0.25) is 14.4 Å². The minimum Gasteiger partial charge on any atom is -0.462 e. The minimum atomic E-state index is -0.836. The topological polar surface area (TPSA) is 78.9 Å². The Labute approximate surface area is 497 Å². The van der Waals surface area contributed by atoms with Gasteiger partial charge in [-0.05, 0) is 154 Å². The zero-order valence-electron chi connectivity index (χ0n) is 51.5. The van der Waals surface area contributed by atoms with Gasteiger partial charge in [0.15, 0.2) is 6.10 Å². The van der Waals surface area contributed by atoms with Crippen LogP contribution in [0, 0.1) is 0 Å². The van der Waals surface area contributed by atoms with Crippen LogP contribution in [0.4, 0.5) is 0 Å². The van der Waals surface area contributed by atoms with E-state index in [9.17, 15) is 14.4 Å². The second-order valence-electron chi connectivity index (χ2n) is 20.2. The van der Waals surface area contributed by atoms with Gasteiger partial charge in [0, 0.05) is 19.3 Å². The molecule has 0 aliphatic heterocycles. The fourth-order valence-electron chi connectivity index (χ4n) is 7.92. The van der Waals surface area contributed by atoms with E-state index in [0.29, 0.717) is 19.3 Å². The van der Waals surface area contributed by atoms with Crippen LogP contribution in [0.5, 0.6) is 0 Å². The van der Waals surface area contributed by atoms with E-state index in [0.717, 1.165) is 154 Å². The van der Waals surface area contributed by atoms with Crippen LogP contribution in [0.25, 0.3) is 0 Å². The van der Waals surface area contributed by atoms with Gasteiger partial charge in [0.2, 0.25) is 0 Å². The van der Waals surface area contributed by atoms with E-state index in [2.05, 4.69) is 215 Å². The van der Waals surface area contributed by atoms with Crippen molar-refractivity contribution in [2.45, 2.75) is 245 Å². The molecule has 6 nitrogen and oxygen atoms in total. The standard InChI is InChI=1S/C75H114O6/c1-4-7-10-13-16-19-22-25-28-31-33-34-35-36-37-38-39-40-42-44-47-50-53-56-59-62-65-68-74(77)80-71-72(70-79-73(76)67-64-61-58-55-52-49-46-43-30-27-24-21-18-15-12-9-6-3)81-75(78)69-66-63-60-57-54-51-48-45-41-32-29-26-23-20-17-14-11-8-5-2/h7-12,16-21,25-30,33-34,36-37,39-41,45-46,49,51,54-55,58,72H,4-6,13-15,22-24,31-32,35,38,42-44,47-48,50,52-53,56-57,59-71H2,1-3H3/b10-7-,11-8-,12-9-,19-16-,20-17-,21-18-,28-25-,29-26-,30-27-,34-33-,37-36-,40-39-,45-41-,49-46-,54-51-,58-55-. The number of allylic oxidation sites excluding steroid dienone is 32. The predicted molar refractivity (Wildman–Crippen MR) is 352 cm³/mol. The highest BCUT2D eigenvalue weighted by atomic mass is 16.6. The van der Waals surface area contributed by atoms with Crippen LogP contribution in [0.2, 0.25) is 0 Å². The number of hydrogen-bond acceptors (Lipinski definition) is 6. The van der Waals surface area contributed by atoms with E-state index in [4.69, 9.17) is 14.2 Å². The Balaban J connectivity index is 4.53. The van der Waals surface area contributed by atoms with Crippen molar-refractivity contribution in [3.05, 3.63) is 194 Å². The zero-order chi connectivity index (χ0) is 58.5. The summed E-state index contributed by atoms with van der Waals surface area (Å²) in [6.45, 7) is 6.20. The van der Waals surface area contributed by atoms with Gasteiger partial charge in [-0.2, -0.15) is 0 Å². The first-order valence-electron chi connectivity index (χ1n) is 31.9. The SMILES string of the molecule is CC/C=C\C/C=C\C/C=C\C/C=C\C/C=C\C/C=C\CCCCCCCCCCC(=O)OCC(COC(=O)CCC/C=C\C/C=C\C/C=C\C/C=C\C/C=C\CC)OC(=O)CCCCC/C=C\C/C=C\C/C=C\C/C=C\C/C=C\CC. The Hall–Kier alpha value is -5.75. The number of rotatable bonds is 55. The fraction of sp³-hybridized carbons (Fsp3) is 0.533. The maximum atomic E-state index is 12.9. The first-order chi connectivity index (χ1) is 40.0. The highest BCUT2D eigenvalue weighted by Crippen LogP contribution is 2.13. The molecule has 1 unspecified atom stereocenters. The van der Waals surface area contributed by atoms with Gasteiger partial charge >= 0.3 is 17.9 Å².